The normalized spacial score (nSPS) is 18.3. The molecule has 1 aliphatic rings. The number of H-pyrrole nitrogens is 1. The summed E-state index contributed by atoms with van der Waals surface area (Å²) in [6.45, 7) is 1.36. The van der Waals surface area contributed by atoms with Gasteiger partial charge in [0, 0.05) is 23.4 Å². The standard InChI is InChI=1S/C23H26F3N5O4/c1-12(23(24,25)26)8-17(21(33)29-14(11-27)9-13-6-7-28-20(13)32)31-22(34)18-10-15-16(30-18)4-3-5-19(15)35-2/h3-5,10,12-14,17,30H,6-9H2,1-2H3,(H,28,32)(H,29,33)(H,31,34)/t12-,13+,14+,17+/m1/s1. The third-order valence-electron chi connectivity index (χ3n) is 6.01. The molecule has 0 saturated carbocycles. The zero-order chi connectivity index (χ0) is 25.8. The lowest BCUT2D eigenvalue weighted by Gasteiger charge is -2.24. The maximum absolute atomic E-state index is 13.2. The van der Waals surface area contributed by atoms with Gasteiger partial charge in [-0.25, -0.2) is 0 Å². The van der Waals surface area contributed by atoms with Gasteiger partial charge in [0.05, 0.1) is 19.1 Å². The summed E-state index contributed by atoms with van der Waals surface area (Å²) in [4.78, 5) is 40.4. The second-order valence-corrected chi connectivity index (χ2v) is 8.51. The predicted molar refractivity (Wildman–Crippen MR) is 119 cm³/mol. The van der Waals surface area contributed by atoms with E-state index in [4.69, 9.17) is 4.74 Å². The number of carbonyl (C=O) groups excluding carboxylic acids is 3. The van der Waals surface area contributed by atoms with Crippen LogP contribution in [0.2, 0.25) is 0 Å². The number of methoxy groups -OCH3 is 1. The summed E-state index contributed by atoms with van der Waals surface area (Å²) in [5.41, 5.74) is 0.597. The number of amides is 3. The van der Waals surface area contributed by atoms with Gasteiger partial charge < -0.3 is 25.7 Å². The lowest BCUT2D eigenvalue weighted by molar-refractivity contribution is -0.173. The van der Waals surface area contributed by atoms with E-state index in [1.165, 1.54) is 13.2 Å². The van der Waals surface area contributed by atoms with Gasteiger partial charge in [-0.05, 0) is 37.5 Å². The molecule has 4 atom stereocenters. The van der Waals surface area contributed by atoms with Crippen LogP contribution < -0.4 is 20.7 Å². The van der Waals surface area contributed by atoms with Crippen molar-refractivity contribution in [3.8, 4) is 11.8 Å². The quantitative estimate of drug-likeness (QED) is 0.425. The van der Waals surface area contributed by atoms with Crippen LogP contribution in [0.1, 0.15) is 36.7 Å². The lowest BCUT2D eigenvalue weighted by Crippen LogP contribution is -2.51. The number of hydrogen-bond donors (Lipinski definition) is 4. The molecule has 2 aromatic rings. The van der Waals surface area contributed by atoms with Gasteiger partial charge in [-0.3, -0.25) is 14.4 Å². The summed E-state index contributed by atoms with van der Waals surface area (Å²) in [5.74, 6) is -3.87. The smallest absolute Gasteiger partial charge is 0.391 e. The third-order valence-corrected chi connectivity index (χ3v) is 6.01. The van der Waals surface area contributed by atoms with E-state index in [9.17, 15) is 32.8 Å². The second-order valence-electron chi connectivity index (χ2n) is 8.51. The number of nitriles is 1. The fourth-order valence-electron chi connectivity index (χ4n) is 3.95. The van der Waals surface area contributed by atoms with Gasteiger partial charge in [-0.15, -0.1) is 0 Å². The Morgan fingerprint density at radius 3 is 2.66 bits per heavy atom. The van der Waals surface area contributed by atoms with Crippen molar-refractivity contribution in [2.24, 2.45) is 11.8 Å². The van der Waals surface area contributed by atoms with Crippen LogP contribution in [0.3, 0.4) is 0 Å². The van der Waals surface area contributed by atoms with Crippen molar-refractivity contribution >= 4 is 28.6 Å². The molecule has 9 nitrogen and oxygen atoms in total. The third kappa shape index (κ3) is 6.23. The number of ether oxygens (including phenoxy) is 1. The zero-order valence-electron chi connectivity index (χ0n) is 19.2. The van der Waals surface area contributed by atoms with Crippen LogP contribution in [-0.4, -0.2) is 54.6 Å². The Morgan fingerprint density at radius 1 is 1.31 bits per heavy atom. The van der Waals surface area contributed by atoms with E-state index in [2.05, 4.69) is 20.9 Å². The SMILES string of the molecule is COc1cccc2[nH]c(C(=O)N[C@@H](C[C@@H](C)C(F)(F)F)C(=O)N[C@H](C#N)C[C@@H]3CCNC3=O)cc12. The molecule has 188 valence electrons. The van der Waals surface area contributed by atoms with Gasteiger partial charge in [0.25, 0.3) is 5.91 Å². The molecule has 2 heterocycles. The minimum absolute atomic E-state index is 0.0192. The molecule has 1 saturated heterocycles. The number of aromatic amines is 1. The van der Waals surface area contributed by atoms with E-state index in [1.807, 2.05) is 6.07 Å². The number of rotatable bonds is 9. The summed E-state index contributed by atoms with van der Waals surface area (Å²) in [6.07, 6.45) is -4.81. The first kappa shape index (κ1) is 25.9. The molecule has 1 aliphatic heterocycles. The molecule has 0 unspecified atom stereocenters. The summed E-state index contributed by atoms with van der Waals surface area (Å²) >= 11 is 0. The van der Waals surface area contributed by atoms with Crippen LogP contribution in [0.5, 0.6) is 5.75 Å². The number of halogens is 3. The van der Waals surface area contributed by atoms with E-state index in [-0.39, 0.29) is 18.0 Å². The van der Waals surface area contributed by atoms with Crippen LogP contribution >= 0.6 is 0 Å². The average molecular weight is 493 g/mol. The van der Waals surface area contributed by atoms with E-state index in [1.54, 1.807) is 18.2 Å². The summed E-state index contributed by atoms with van der Waals surface area (Å²) in [6, 6.07) is 5.75. The number of aromatic nitrogens is 1. The molecule has 12 heteroatoms. The molecule has 3 rings (SSSR count). The van der Waals surface area contributed by atoms with Crippen LogP contribution in [0.15, 0.2) is 24.3 Å². The molecular weight excluding hydrogens is 467 g/mol. The van der Waals surface area contributed by atoms with Gasteiger partial charge >= 0.3 is 6.18 Å². The van der Waals surface area contributed by atoms with Crippen LogP contribution in [0.25, 0.3) is 10.9 Å². The Hall–Kier alpha value is -3.75. The van der Waals surface area contributed by atoms with Crippen molar-refractivity contribution in [3.05, 3.63) is 30.0 Å². The molecule has 0 radical (unpaired) electrons. The van der Waals surface area contributed by atoms with Crippen molar-refractivity contribution in [1.29, 1.82) is 5.26 Å². The van der Waals surface area contributed by atoms with Crippen LogP contribution in [0, 0.1) is 23.2 Å². The van der Waals surface area contributed by atoms with E-state index >= 15 is 0 Å². The van der Waals surface area contributed by atoms with Gasteiger partial charge in [0.15, 0.2) is 0 Å². The van der Waals surface area contributed by atoms with E-state index < -0.39 is 48.3 Å². The number of nitrogens with one attached hydrogen (secondary N) is 4. The van der Waals surface area contributed by atoms with Crippen LogP contribution in [0.4, 0.5) is 13.2 Å². The fraction of sp³-hybridized carbons (Fsp3) is 0.478. The molecule has 0 aliphatic carbocycles. The Kier molecular flexibility index (Phi) is 7.89. The topological polar surface area (TPSA) is 136 Å². The molecule has 4 N–H and O–H groups in total. The van der Waals surface area contributed by atoms with E-state index in [0.29, 0.717) is 29.6 Å². The first-order valence-electron chi connectivity index (χ1n) is 11.0. The van der Waals surface area contributed by atoms with Crippen molar-refractivity contribution in [2.75, 3.05) is 13.7 Å². The molecule has 1 aromatic carbocycles. The monoisotopic (exact) mass is 493 g/mol. The highest BCUT2D eigenvalue weighted by Gasteiger charge is 2.40. The Morgan fingerprint density at radius 2 is 2.06 bits per heavy atom. The molecule has 0 bridgehead atoms. The largest absolute Gasteiger partial charge is 0.496 e. The van der Waals surface area contributed by atoms with Crippen molar-refractivity contribution in [3.63, 3.8) is 0 Å². The fourth-order valence-corrected chi connectivity index (χ4v) is 3.95. The summed E-state index contributed by atoms with van der Waals surface area (Å²) in [5, 5.41) is 17.4. The summed E-state index contributed by atoms with van der Waals surface area (Å²) < 4.78 is 45.0. The minimum Gasteiger partial charge on any atom is -0.496 e. The zero-order valence-corrected chi connectivity index (χ0v) is 19.2. The number of hydrogen-bond acceptors (Lipinski definition) is 5. The first-order chi connectivity index (χ1) is 16.5. The molecule has 0 spiro atoms. The minimum atomic E-state index is -4.59. The second kappa shape index (κ2) is 10.7. The Labute approximate surface area is 199 Å². The number of nitrogens with zero attached hydrogens (tertiary/aromatic N) is 1. The highest BCUT2D eigenvalue weighted by Crippen LogP contribution is 2.30. The molecule has 35 heavy (non-hydrogen) atoms. The highest BCUT2D eigenvalue weighted by atomic mass is 19.4. The van der Waals surface area contributed by atoms with Crippen molar-refractivity contribution in [2.45, 2.75) is 44.4 Å². The van der Waals surface area contributed by atoms with Gasteiger partial charge in [0.2, 0.25) is 11.8 Å². The average Bonchev–Trinajstić information content (AvgIpc) is 3.43. The number of alkyl halides is 3. The number of carbonyl (C=O) groups is 3. The molecule has 1 aromatic heterocycles. The molecule has 3 amide bonds. The first-order valence-corrected chi connectivity index (χ1v) is 11.0. The van der Waals surface area contributed by atoms with Gasteiger partial charge in [0.1, 0.15) is 23.5 Å². The number of fused-ring (bicyclic) bond motifs is 1. The predicted octanol–water partition coefficient (Wildman–Crippen LogP) is 2.40. The van der Waals surface area contributed by atoms with Gasteiger partial charge in [-0.2, -0.15) is 18.4 Å². The van der Waals surface area contributed by atoms with Crippen LogP contribution in [-0.2, 0) is 9.59 Å². The maximum atomic E-state index is 13.2. The van der Waals surface area contributed by atoms with Gasteiger partial charge in [-0.1, -0.05) is 13.0 Å². The number of benzene rings is 1. The maximum Gasteiger partial charge on any atom is 0.391 e. The van der Waals surface area contributed by atoms with Crippen molar-refractivity contribution < 1.29 is 32.3 Å². The Bertz CT molecular complexity index is 1140. The van der Waals surface area contributed by atoms with E-state index in [0.717, 1.165) is 6.92 Å². The summed E-state index contributed by atoms with van der Waals surface area (Å²) in [7, 11) is 1.46. The molecule has 1 fully saturated rings. The Balaban J connectivity index is 1.78. The lowest BCUT2D eigenvalue weighted by atomic mass is 9.97. The molecular formula is C23H26F3N5O4. The highest BCUT2D eigenvalue weighted by molar-refractivity contribution is 6.01. The van der Waals surface area contributed by atoms with Crippen molar-refractivity contribution in [1.82, 2.24) is 20.9 Å².